The molecule has 0 aliphatic rings. The van der Waals surface area contributed by atoms with Crippen molar-refractivity contribution >= 4 is 23.3 Å². The molecule has 1 aromatic rings. The van der Waals surface area contributed by atoms with Gasteiger partial charge in [-0.05, 0) is 36.3 Å². The first-order valence-corrected chi connectivity index (χ1v) is 7.34. The van der Waals surface area contributed by atoms with Gasteiger partial charge in [-0.3, -0.25) is 15.3 Å². The zero-order chi connectivity index (χ0) is 14.8. The second kappa shape index (κ2) is 9.25. The second-order valence-corrected chi connectivity index (χ2v) is 5.01. The Balaban J connectivity index is 2.45. The van der Waals surface area contributed by atoms with Gasteiger partial charge in [-0.1, -0.05) is 26.2 Å². The Morgan fingerprint density at radius 3 is 2.65 bits per heavy atom. The SMILES string of the molecule is CCCCCCNC(=S)N(Cc1ccncc1)C(=N)N. The van der Waals surface area contributed by atoms with Crippen LogP contribution in [-0.4, -0.2) is 27.5 Å². The molecule has 0 amide bonds. The van der Waals surface area contributed by atoms with Crippen LogP contribution in [0.5, 0.6) is 0 Å². The number of guanidine groups is 1. The number of pyridine rings is 1. The van der Waals surface area contributed by atoms with Crippen LogP contribution in [0.1, 0.15) is 38.2 Å². The minimum Gasteiger partial charge on any atom is -0.370 e. The minimum atomic E-state index is -0.0483. The fourth-order valence-corrected chi connectivity index (χ4v) is 2.04. The molecule has 0 aliphatic carbocycles. The quantitative estimate of drug-likeness (QED) is 0.311. The molecule has 0 bridgehead atoms. The first kappa shape index (κ1) is 16.4. The van der Waals surface area contributed by atoms with Gasteiger partial charge in [0.2, 0.25) is 0 Å². The van der Waals surface area contributed by atoms with Gasteiger partial charge in [0.15, 0.2) is 11.1 Å². The first-order valence-electron chi connectivity index (χ1n) is 6.93. The van der Waals surface area contributed by atoms with Gasteiger partial charge >= 0.3 is 0 Å². The van der Waals surface area contributed by atoms with Gasteiger partial charge in [0, 0.05) is 18.9 Å². The monoisotopic (exact) mass is 293 g/mol. The average Bonchev–Trinajstić information content (AvgIpc) is 2.45. The number of nitrogens with zero attached hydrogens (tertiary/aromatic N) is 2. The summed E-state index contributed by atoms with van der Waals surface area (Å²) in [5.74, 6) is -0.0483. The van der Waals surface area contributed by atoms with Crippen molar-refractivity contribution in [2.75, 3.05) is 6.54 Å². The van der Waals surface area contributed by atoms with E-state index in [0.717, 1.165) is 18.5 Å². The first-order chi connectivity index (χ1) is 9.65. The number of nitrogens with one attached hydrogen (secondary N) is 2. The van der Waals surface area contributed by atoms with E-state index < -0.39 is 0 Å². The van der Waals surface area contributed by atoms with Crippen molar-refractivity contribution < 1.29 is 0 Å². The number of thiocarbonyl (C=S) groups is 1. The Labute approximate surface area is 126 Å². The predicted molar refractivity (Wildman–Crippen MR) is 86.4 cm³/mol. The molecule has 0 aliphatic heterocycles. The maximum atomic E-state index is 7.64. The average molecular weight is 293 g/mol. The zero-order valence-electron chi connectivity index (χ0n) is 11.9. The lowest BCUT2D eigenvalue weighted by molar-refractivity contribution is 0.565. The van der Waals surface area contributed by atoms with E-state index in [1.807, 2.05) is 12.1 Å². The highest BCUT2D eigenvalue weighted by Gasteiger charge is 2.12. The highest BCUT2D eigenvalue weighted by molar-refractivity contribution is 7.80. The maximum Gasteiger partial charge on any atom is 0.195 e. The van der Waals surface area contributed by atoms with Crippen LogP contribution in [0.15, 0.2) is 24.5 Å². The van der Waals surface area contributed by atoms with E-state index in [4.69, 9.17) is 23.4 Å². The number of hydrogen-bond donors (Lipinski definition) is 3. The molecule has 110 valence electrons. The summed E-state index contributed by atoms with van der Waals surface area (Å²) in [5, 5.41) is 11.3. The molecule has 0 aromatic carbocycles. The molecular weight excluding hydrogens is 270 g/mol. The van der Waals surface area contributed by atoms with Crippen molar-refractivity contribution in [2.45, 2.75) is 39.2 Å². The number of nitrogens with two attached hydrogens (primary N) is 1. The summed E-state index contributed by atoms with van der Waals surface area (Å²) in [7, 11) is 0. The molecule has 5 nitrogen and oxygen atoms in total. The van der Waals surface area contributed by atoms with Crippen LogP contribution in [0, 0.1) is 5.41 Å². The van der Waals surface area contributed by atoms with Gasteiger partial charge in [-0.25, -0.2) is 0 Å². The Bertz CT molecular complexity index is 421. The summed E-state index contributed by atoms with van der Waals surface area (Å²) in [4.78, 5) is 5.56. The maximum absolute atomic E-state index is 7.64. The van der Waals surface area contributed by atoms with Crippen molar-refractivity contribution in [2.24, 2.45) is 5.73 Å². The third-order valence-electron chi connectivity index (χ3n) is 2.93. The predicted octanol–water partition coefficient (Wildman–Crippen LogP) is 2.23. The van der Waals surface area contributed by atoms with Gasteiger partial charge in [-0.15, -0.1) is 0 Å². The lowest BCUT2D eigenvalue weighted by atomic mass is 10.2. The zero-order valence-corrected chi connectivity index (χ0v) is 12.7. The Hall–Kier alpha value is -1.69. The minimum absolute atomic E-state index is 0.0483. The number of unbranched alkanes of at least 4 members (excludes halogenated alkanes) is 3. The van der Waals surface area contributed by atoms with Crippen molar-refractivity contribution in [3.05, 3.63) is 30.1 Å². The van der Waals surface area contributed by atoms with Gasteiger partial charge in [0.25, 0.3) is 0 Å². The van der Waals surface area contributed by atoms with Crippen LogP contribution >= 0.6 is 12.2 Å². The van der Waals surface area contributed by atoms with Crippen LogP contribution in [-0.2, 0) is 6.54 Å². The molecule has 0 spiro atoms. The van der Waals surface area contributed by atoms with E-state index in [1.165, 1.54) is 19.3 Å². The lowest BCUT2D eigenvalue weighted by Gasteiger charge is -2.24. The highest BCUT2D eigenvalue weighted by atomic mass is 32.1. The molecular formula is C14H23N5S. The van der Waals surface area contributed by atoms with Crippen molar-refractivity contribution in [3.63, 3.8) is 0 Å². The Morgan fingerprint density at radius 2 is 2.05 bits per heavy atom. The van der Waals surface area contributed by atoms with Crippen LogP contribution in [0.3, 0.4) is 0 Å². The fourth-order valence-electron chi connectivity index (χ4n) is 1.78. The second-order valence-electron chi connectivity index (χ2n) is 4.62. The lowest BCUT2D eigenvalue weighted by Crippen LogP contribution is -2.46. The molecule has 0 radical (unpaired) electrons. The molecule has 20 heavy (non-hydrogen) atoms. The van der Waals surface area contributed by atoms with Gasteiger partial charge < -0.3 is 11.1 Å². The van der Waals surface area contributed by atoms with E-state index in [2.05, 4.69) is 17.2 Å². The van der Waals surface area contributed by atoms with Crippen molar-refractivity contribution in [3.8, 4) is 0 Å². The third-order valence-corrected chi connectivity index (χ3v) is 3.30. The standard InChI is InChI=1S/C14H23N5S/c1-2-3-4-5-8-18-14(20)19(13(15)16)11-12-6-9-17-10-7-12/h6-7,9-10H,2-5,8,11H2,1H3,(H3,15,16)(H,18,20). The molecule has 0 saturated carbocycles. The smallest absolute Gasteiger partial charge is 0.195 e. The third kappa shape index (κ3) is 5.97. The molecule has 0 saturated heterocycles. The van der Waals surface area contributed by atoms with Crippen molar-refractivity contribution in [1.29, 1.82) is 5.41 Å². The summed E-state index contributed by atoms with van der Waals surface area (Å²) >= 11 is 5.31. The van der Waals surface area contributed by atoms with E-state index in [9.17, 15) is 0 Å². The summed E-state index contributed by atoms with van der Waals surface area (Å²) in [6, 6.07) is 3.78. The van der Waals surface area contributed by atoms with Crippen LogP contribution in [0.4, 0.5) is 0 Å². The summed E-state index contributed by atoms with van der Waals surface area (Å²) in [6.45, 7) is 3.49. The largest absolute Gasteiger partial charge is 0.370 e. The molecule has 0 fully saturated rings. The number of hydrogen-bond acceptors (Lipinski definition) is 3. The van der Waals surface area contributed by atoms with Gasteiger partial charge in [0.1, 0.15) is 0 Å². The molecule has 0 atom stereocenters. The van der Waals surface area contributed by atoms with E-state index in [1.54, 1.807) is 17.3 Å². The molecule has 0 unspecified atom stereocenters. The van der Waals surface area contributed by atoms with E-state index in [0.29, 0.717) is 11.7 Å². The Morgan fingerprint density at radius 1 is 1.35 bits per heavy atom. The summed E-state index contributed by atoms with van der Waals surface area (Å²) < 4.78 is 0. The van der Waals surface area contributed by atoms with Crippen LogP contribution in [0.25, 0.3) is 0 Å². The van der Waals surface area contributed by atoms with E-state index >= 15 is 0 Å². The molecule has 1 aromatic heterocycles. The van der Waals surface area contributed by atoms with Crippen LogP contribution in [0.2, 0.25) is 0 Å². The molecule has 1 rings (SSSR count). The van der Waals surface area contributed by atoms with Gasteiger partial charge in [0.05, 0.1) is 6.54 Å². The molecule has 4 N–H and O–H groups in total. The van der Waals surface area contributed by atoms with Gasteiger partial charge in [-0.2, -0.15) is 0 Å². The Kier molecular flexibility index (Phi) is 7.57. The topological polar surface area (TPSA) is 78.0 Å². The highest BCUT2D eigenvalue weighted by Crippen LogP contribution is 2.04. The van der Waals surface area contributed by atoms with Crippen molar-refractivity contribution in [1.82, 2.24) is 15.2 Å². The number of rotatable bonds is 7. The van der Waals surface area contributed by atoms with Crippen LogP contribution < -0.4 is 11.1 Å². The fraction of sp³-hybridized carbons (Fsp3) is 0.500. The normalized spacial score (nSPS) is 10.1. The summed E-state index contributed by atoms with van der Waals surface area (Å²) in [6.07, 6.45) is 8.16. The van der Waals surface area contributed by atoms with E-state index in [-0.39, 0.29) is 5.96 Å². The number of aromatic nitrogens is 1. The molecule has 6 heteroatoms. The molecule has 1 heterocycles. The summed E-state index contributed by atoms with van der Waals surface area (Å²) in [5.41, 5.74) is 6.62.